The van der Waals surface area contributed by atoms with Crippen LogP contribution in [0.2, 0.25) is 0 Å². The van der Waals surface area contributed by atoms with E-state index < -0.39 is 0 Å². The molecule has 0 atom stereocenters. The predicted molar refractivity (Wildman–Crippen MR) is 30.4 cm³/mol. The zero-order valence-electron chi connectivity index (χ0n) is 4.86. The van der Waals surface area contributed by atoms with E-state index in [1.54, 1.807) is 13.2 Å². The third-order valence-corrected chi connectivity index (χ3v) is 0.703. The van der Waals surface area contributed by atoms with Gasteiger partial charge in [0.25, 0.3) is 0 Å². The Morgan fingerprint density at radius 1 is 1.75 bits per heavy atom. The van der Waals surface area contributed by atoms with Crippen LogP contribution in [-0.2, 0) is 0 Å². The van der Waals surface area contributed by atoms with Gasteiger partial charge in [0.1, 0.15) is 0 Å². The Morgan fingerprint density at radius 3 is 2.38 bits per heavy atom. The van der Waals surface area contributed by atoms with Crippen molar-refractivity contribution in [3.05, 3.63) is 0 Å². The molecule has 0 bridgehead atoms. The fourth-order valence-electron chi connectivity index (χ4n) is 0.113. The van der Waals surface area contributed by atoms with Crippen molar-refractivity contribution in [3.8, 4) is 6.19 Å². The standard InChI is InChI=1S/C3H5N3S.Na/c1-5-3(7)6-2-4;/h1H3,(H2,5,6,7);/q;+1. The van der Waals surface area contributed by atoms with Crippen molar-refractivity contribution in [3.63, 3.8) is 0 Å². The van der Waals surface area contributed by atoms with Gasteiger partial charge in [-0.15, -0.1) is 0 Å². The van der Waals surface area contributed by atoms with Crippen molar-refractivity contribution in [1.82, 2.24) is 10.6 Å². The number of hydrogen-bond acceptors (Lipinski definition) is 2. The molecular formula is C3H5N3NaS+. The van der Waals surface area contributed by atoms with Gasteiger partial charge in [0.05, 0.1) is 0 Å². The zero-order valence-corrected chi connectivity index (χ0v) is 7.67. The van der Waals surface area contributed by atoms with E-state index in [-0.39, 0.29) is 29.6 Å². The van der Waals surface area contributed by atoms with Crippen molar-refractivity contribution in [1.29, 1.82) is 5.26 Å². The van der Waals surface area contributed by atoms with Crippen LogP contribution in [-0.4, -0.2) is 12.2 Å². The molecule has 3 nitrogen and oxygen atoms in total. The molecule has 0 radical (unpaired) electrons. The average molecular weight is 138 g/mol. The van der Waals surface area contributed by atoms with Gasteiger partial charge in [0.15, 0.2) is 11.3 Å². The maximum atomic E-state index is 7.88. The molecular weight excluding hydrogens is 133 g/mol. The maximum absolute atomic E-state index is 7.88. The van der Waals surface area contributed by atoms with Gasteiger partial charge < -0.3 is 5.32 Å². The predicted octanol–water partition coefficient (Wildman–Crippen LogP) is -3.43. The first-order chi connectivity index (χ1) is 3.31. The molecule has 0 rings (SSSR count). The van der Waals surface area contributed by atoms with Gasteiger partial charge in [-0.25, -0.2) is 0 Å². The summed E-state index contributed by atoms with van der Waals surface area (Å²) in [5, 5.41) is 13.0. The molecule has 0 aliphatic heterocycles. The van der Waals surface area contributed by atoms with E-state index in [1.165, 1.54) is 0 Å². The monoisotopic (exact) mass is 138 g/mol. The minimum atomic E-state index is 0. The molecule has 0 saturated heterocycles. The van der Waals surface area contributed by atoms with E-state index in [9.17, 15) is 0 Å². The Balaban J connectivity index is 0. The largest absolute Gasteiger partial charge is 1.00 e. The van der Waals surface area contributed by atoms with Gasteiger partial charge in [-0.05, 0) is 12.2 Å². The van der Waals surface area contributed by atoms with Gasteiger partial charge in [-0.1, -0.05) is 0 Å². The van der Waals surface area contributed by atoms with Crippen molar-refractivity contribution in [2.24, 2.45) is 0 Å². The molecule has 0 amide bonds. The molecule has 0 aliphatic rings. The molecule has 0 aromatic heterocycles. The van der Waals surface area contributed by atoms with Gasteiger partial charge in [0, 0.05) is 7.05 Å². The zero-order chi connectivity index (χ0) is 5.70. The van der Waals surface area contributed by atoms with Gasteiger partial charge in [-0.3, -0.25) is 5.32 Å². The summed E-state index contributed by atoms with van der Waals surface area (Å²) in [6, 6.07) is 0. The molecule has 0 aliphatic carbocycles. The average Bonchev–Trinajstić information content (AvgIpc) is 1.68. The Labute approximate surface area is 75.7 Å². The van der Waals surface area contributed by atoms with Crippen LogP contribution in [0.1, 0.15) is 0 Å². The van der Waals surface area contributed by atoms with Crippen LogP contribution in [0.25, 0.3) is 0 Å². The van der Waals surface area contributed by atoms with Crippen LogP contribution in [0, 0.1) is 11.5 Å². The van der Waals surface area contributed by atoms with Crippen LogP contribution in [0.4, 0.5) is 0 Å². The van der Waals surface area contributed by atoms with E-state index in [1.807, 2.05) is 0 Å². The second kappa shape index (κ2) is 7.18. The molecule has 0 spiro atoms. The van der Waals surface area contributed by atoms with E-state index in [4.69, 9.17) is 5.26 Å². The molecule has 5 heteroatoms. The molecule has 0 unspecified atom stereocenters. The summed E-state index contributed by atoms with van der Waals surface area (Å²) in [6.45, 7) is 0. The summed E-state index contributed by atoms with van der Waals surface area (Å²) in [5.41, 5.74) is 0. The van der Waals surface area contributed by atoms with E-state index >= 15 is 0 Å². The Kier molecular flexibility index (Phi) is 9.91. The molecule has 8 heavy (non-hydrogen) atoms. The van der Waals surface area contributed by atoms with Gasteiger partial charge in [0.2, 0.25) is 0 Å². The van der Waals surface area contributed by atoms with Crippen LogP contribution >= 0.6 is 12.2 Å². The molecule has 0 aromatic carbocycles. The SMILES string of the molecule is CNC(=S)NC#N.[Na+]. The van der Waals surface area contributed by atoms with Crippen LogP contribution in [0.15, 0.2) is 0 Å². The summed E-state index contributed by atoms with van der Waals surface area (Å²) in [6.07, 6.45) is 1.66. The third-order valence-electron chi connectivity index (χ3n) is 0.396. The first-order valence-electron chi connectivity index (χ1n) is 1.68. The van der Waals surface area contributed by atoms with E-state index in [0.717, 1.165) is 0 Å². The van der Waals surface area contributed by atoms with Crippen molar-refractivity contribution in [2.45, 2.75) is 0 Å². The third kappa shape index (κ3) is 6.18. The Bertz CT molecular complexity index is 108. The first-order valence-corrected chi connectivity index (χ1v) is 2.09. The summed E-state index contributed by atoms with van der Waals surface area (Å²) >= 11 is 4.51. The second-order valence-corrected chi connectivity index (χ2v) is 1.22. The van der Waals surface area contributed by atoms with Crippen LogP contribution < -0.4 is 40.2 Å². The number of nitrogens with zero attached hydrogens (tertiary/aromatic N) is 1. The molecule has 0 saturated carbocycles. The van der Waals surface area contributed by atoms with E-state index in [2.05, 4.69) is 22.9 Å². The number of thiocarbonyl (C=S) groups is 1. The normalized spacial score (nSPS) is 5.50. The summed E-state index contributed by atoms with van der Waals surface area (Å²) in [4.78, 5) is 0. The molecule has 2 N–H and O–H groups in total. The maximum Gasteiger partial charge on any atom is 1.00 e. The van der Waals surface area contributed by atoms with Gasteiger partial charge in [-0.2, -0.15) is 5.26 Å². The number of nitrogens with one attached hydrogen (secondary N) is 2. The quantitative estimate of drug-likeness (QED) is 0.158. The minimum Gasteiger partial charge on any atom is -0.365 e. The topological polar surface area (TPSA) is 47.8 Å². The van der Waals surface area contributed by atoms with Crippen LogP contribution in [0.3, 0.4) is 0 Å². The number of nitriles is 1. The van der Waals surface area contributed by atoms with Crippen molar-refractivity contribution in [2.75, 3.05) is 7.05 Å². The summed E-state index contributed by atoms with van der Waals surface area (Å²) in [7, 11) is 1.65. The number of rotatable bonds is 0. The summed E-state index contributed by atoms with van der Waals surface area (Å²) in [5.74, 6) is 0. The fourth-order valence-corrected chi connectivity index (χ4v) is 0.159. The first kappa shape index (κ1) is 11.0. The van der Waals surface area contributed by atoms with Crippen LogP contribution in [0.5, 0.6) is 0 Å². The molecule has 0 aromatic rings. The Morgan fingerprint density at radius 2 is 2.25 bits per heavy atom. The second-order valence-electron chi connectivity index (χ2n) is 0.816. The fraction of sp³-hybridized carbons (Fsp3) is 0.333. The number of hydrogen-bond donors (Lipinski definition) is 2. The van der Waals surface area contributed by atoms with Crippen molar-refractivity contribution < 1.29 is 29.6 Å². The van der Waals surface area contributed by atoms with E-state index in [0.29, 0.717) is 5.11 Å². The molecule has 38 valence electrons. The summed E-state index contributed by atoms with van der Waals surface area (Å²) < 4.78 is 0. The Hall–Kier alpha value is 0.180. The van der Waals surface area contributed by atoms with Crippen molar-refractivity contribution >= 4 is 17.3 Å². The smallest absolute Gasteiger partial charge is 0.365 e. The molecule has 0 heterocycles. The van der Waals surface area contributed by atoms with Gasteiger partial charge >= 0.3 is 29.6 Å². The minimum absolute atomic E-state index is 0. The molecule has 0 fully saturated rings.